The van der Waals surface area contributed by atoms with Gasteiger partial charge in [-0.15, -0.1) is 0 Å². The quantitative estimate of drug-likeness (QED) is 0.542. The molecule has 0 aromatic carbocycles. The summed E-state index contributed by atoms with van der Waals surface area (Å²) in [5, 5.41) is 10.6. The summed E-state index contributed by atoms with van der Waals surface area (Å²) in [6, 6.07) is 2.83. The van der Waals surface area contributed by atoms with Crippen LogP contribution < -0.4 is 0 Å². The second-order valence-electron chi connectivity index (χ2n) is 3.00. The number of hydrogen-bond donors (Lipinski definition) is 0. The summed E-state index contributed by atoms with van der Waals surface area (Å²) in [5.74, 6) is -0.664. The summed E-state index contributed by atoms with van der Waals surface area (Å²) in [7, 11) is 0. The highest BCUT2D eigenvalue weighted by Crippen LogP contribution is 2.23. The Balaban J connectivity index is 3.19. The van der Waals surface area contributed by atoms with Crippen molar-refractivity contribution >= 4 is 11.5 Å². The van der Waals surface area contributed by atoms with Crippen molar-refractivity contribution in [1.29, 1.82) is 0 Å². The van der Waals surface area contributed by atoms with Crippen molar-refractivity contribution in [2.45, 2.75) is 19.8 Å². The summed E-state index contributed by atoms with van der Waals surface area (Å²) >= 11 is 0. The van der Waals surface area contributed by atoms with Gasteiger partial charge >= 0.3 is 0 Å². The van der Waals surface area contributed by atoms with Gasteiger partial charge in [0.05, 0.1) is 10.8 Å². The van der Waals surface area contributed by atoms with Crippen LogP contribution in [0.3, 0.4) is 0 Å². The molecule has 1 aromatic heterocycles. The smallest absolute Gasteiger partial charge is 0.291 e. The molecule has 0 saturated carbocycles. The molecule has 1 heterocycles. The Morgan fingerprint density at radius 3 is 2.79 bits per heavy atom. The van der Waals surface area contributed by atoms with E-state index in [2.05, 4.69) is 4.98 Å². The van der Waals surface area contributed by atoms with Crippen LogP contribution >= 0.6 is 0 Å². The number of carbonyl (C=O) groups excluding carboxylic acids is 1. The highest BCUT2D eigenvalue weighted by Gasteiger charge is 2.22. The van der Waals surface area contributed by atoms with Crippen LogP contribution in [-0.2, 0) is 4.79 Å². The van der Waals surface area contributed by atoms with E-state index >= 15 is 0 Å². The average molecular weight is 194 g/mol. The number of aromatic nitrogens is 1. The fraction of sp³-hybridized carbons (Fsp3) is 0.333. The molecular weight excluding hydrogens is 184 g/mol. The van der Waals surface area contributed by atoms with Gasteiger partial charge in [-0.2, -0.15) is 0 Å². The number of ketones is 1. The van der Waals surface area contributed by atoms with Crippen LogP contribution in [0.25, 0.3) is 0 Å². The van der Waals surface area contributed by atoms with Crippen LogP contribution in [-0.4, -0.2) is 15.7 Å². The van der Waals surface area contributed by atoms with Crippen LogP contribution in [0.2, 0.25) is 0 Å². The third-order valence-corrected chi connectivity index (χ3v) is 2.03. The number of nitro groups is 1. The molecule has 0 amide bonds. The van der Waals surface area contributed by atoms with Crippen molar-refractivity contribution in [2.75, 3.05) is 0 Å². The van der Waals surface area contributed by atoms with Gasteiger partial charge in [-0.3, -0.25) is 19.9 Å². The third-order valence-electron chi connectivity index (χ3n) is 2.03. The van der Waals surface area contributed by atoms with Crippen molar-refractivity contribution in [1.82, 2.24) is 4.98 Å². The predicted molar refractivity (Wildman–Crippen MR) is 50.0 cm³/mol. The summed E-state index contributed by atoms with van der Waals surface area (Å²) in [4.78, 5) is 25.0. The zero-order chi connectivity index (χ0) is 10.7. The fourth-order valence-corrected chi connectivity index (χ4v) is 1.09. The van der Waals surface area contributed by atoms with Crippen LogP contribution in [0.4, 0.5) is 5.69 Å². The summed E-state index contributed by atoms with van der Waals surface area (Å²) < 4.78 is 0. The number of hydrogen-bond acceptors (Lipinski definition) is 4. The highest BCUT2D eigenvalue weighted by atomic mass is 16.6. The normalized spacial score (nSPS) is 12.1. The van der Waals surface area contributed by atoms with Gasteiger partial charge in [-0.05, 0) is 19.9 Å². The summed E-state index contributed by atoms with van der Waals surface area (Å²) in [6.07, 6.45) is 1.45. The predicted octanol–water partition coefficient (Wildman–Crippen LogP) is 1.68. The van der Waals surface area contributed by atoms with Crippen LogP contribution in [0, 0.1) is 10.1 Å². The monoisotopic (exact) mass is 194 g/mol. The zero-order valence-electron chi connectivity index (χ0n) is 7.93. The van der Waals surface area contributed by atoms with Gasteiger partial charge in [0.1, 0.15) is 11.5 Å². The molecular formula is C9H10N2O3. The molecule has 0 saturated heterocycles. The molecule has 0 spiro atoms. The first-order chi connectivity index (χ1) is 6.54. The van der Waals surface area contributed by atoms with E-state index in [9.17, 15) is 14.9 Å². The van der Waals surface area contributed by atoms with E-state index in [4.69, 9.17) is 0 Å². The van der Waals surface area contributed by atoms with E-state index in [1.54, 1.807) is 6.92 Å². The minimum Gasteiger partial charge on any atom is -0.299 e. The maximum atomic E-state index is 11.1. The third kappa shape index (κ3) is 1.93. The standard InChI is InChI=1S/C9H10N2O3/c1-6(7(2)12)9-8(11(13)14)4-3-5-10-9/h3-6H,1-2H3. The Morgan fingerprint density at radius 1 is 1.64 bits per heavy atom. The van der Waals surface area contributed by atoms with E-state index in [-0.39, 0.29) is 17.2 Å². The van der Waals surface area contributed by atoms with E-state index < -0.39 is 10.8 Å². The number of rotatable bonds is 3. The lowest BCUT2D eigenvalue weighted by Gasteiger charge is -2.06. The second kappa shape index (κ2) is 3.95. The first-order valence-corrected chi connectivity index (χ1v) is 4.13. The number of Topliss-reactive ketones (excluding diaryl/α,β-unsaturated/α-hetero) is 1. The van der Waals surface area contributed by atoms with Crippen molar-refractivity contribution in [3.05, 3.63) is 34.1 Å². The van der Waals surface area contributed by atoms with Crippen molar-refractivity contribution in [3.63, 3.8) is 0 Å². The van der Waals surface area contributed by atoms with Gasteiger partial charge in [0.25, 0.3) is 5.69 Å². The molecule has 1 unspecified atom stereocenters. The lowest BCUT2D eigenvalue weighted by Crippen LogP contribution is -2.09. The largest absolute Gasteiger partial charge is 0.299 e. The van der Waals surface area contributed by atoms with Crippen molar-refractivity contribution in [2.24, 2.45) is 0 Å². The molecule has 0 bridgehead atoms. The molecule has 14 heavy (non-hydrogen) atoms. The lowest BCUT2D eigenvalue weighted by atomic mass is 10.0. The van der Waals surface area contributed by atoms with Gasteiger partial charge in [0.2, 0.25) is 0 Å². The summed E-state index contributed by atoms with van der Waals surface area (Å²) in [5.41, 5.74) is 0.125. The fourth-order valence-electron chi connectivity index (χ4n) is 1.09. The Kier molecular flexibility index (Phi) is 2.91. The molecule has 0 radical (unpaired) electrons. The van der Waals surface area contributed by atoms with E-state index in [0.29, 0.717) is 0 Å². The SMILES string of the molecule is CC(=O)C(C)c1ncccc1[N+](=O)[O-]. The Hall–Kier alpha value is -1.78. The lowest BCUT2D eigenvalue weighted by molar-refractivity contribution is -0.386. The summed E-state index contributed by atoms with van der Waals surface area (Å²) in [6.45, 7) is 3.00. The van der Waals surface area contributed by atoms with Crippen LogP contribution in [0.15, 0.2) is 18.3 Å². The Bertz CT molecular complexity index is 376. The maximum absolute atomic E-state index is 11.1. The number of carbonyl (C=O) groups is 1. The van der Waals surface area contributed by atoms with Gasteiger partial charge in [-0.25, -0.2) is 0 Å². The maximum Gasteiger partial charge on any atom is 0.291 e. The topological polar surface area (TPSA) is 73.1 Å². The van der Waals surface area contributed by atoms with Crippen LogP contribution in [0.5, 0.6) is 0 Å². The molecule has 0 fully saturated rings. The molecule has 0 aliphatic carbocycles. The van der Waals surface area contributed by atoms with Crippen LogP contribution in [0.1, 0.15) is 25.5 Å². The van der Waals surface area contributed by atoms with Crippen molar-refractivity contribution in [3.8, 4) is 0 Å². The number of pyridine rings is 1. The molecule has 1 atom stereocenters. The number of nitrogens with zero attached hydrogens (tertiary/aromatic N) is 2. The Labute approximate surface area is 80.9 Å². The molecule has 0 aliphatic rings. The van der Waals surface area contributed by atoms with E-state index in [1.165, 1.54) is 25.3 Å². The Morgan fingerprint density at radius 2 is 2.29 bits per heavy atom. The van der Waals surface area contributed by atoms with Crippen molar-refractivity contribution < 1.29 is 9.72 Å². The molecule has 0 aliphatic heterocycles. The minimum absolute atomic E-state index is 0.102. The average Bonchev–Trinajstić information content (AvgIpc) is 2.16. The highest BCUT2D eigenvalue weighted by molar-refractivity contribution is 5.83. The van der Waals surface area contributed by atoms with Gasteiger partial charge in [-0.1, -0.05) is 0 Å². The van der Waals surface area contributed by atoms with Gasteiger partial charge in [0, 0.05) is 12.3 Å². The molecule has 1 rings (SSSR count). The second-order valence-corrected chi connectivity index (χ2v) is 3.00. The molecule has 74 valence electrons. The first kappa shape index (κ1) is 10.3. The van der Waals surface area contributed by atoms with Gasteiger partial charge < -0.3 is 0 Å². The first-order valence-electron chi connectivity index (χ1n) is 4.13. The zero-order valence-corrected chi connectivity index (χ0v) is 7.93. The molecule has 5 heteroatoms. The molecule has 1 aromatic rings. The molecule has 5 nitrogen and oxygen atoms in total. The van der Waals surface area contributed by atoms with E-state index in [0.717, 1.165) is 0 Å². The van der Waals surface area contributed by atoms with E-state index in [1.807, 2.05) is 0 Å². The minimum atomic E-state index is -0.531. The molecule has 0 N–H and O–H groups in total. The van der Waals surface area contributed by atoms with Gasteiger partial charge in [0.15, 0.2) is 0 Å².